The first-order valence-electron chi connectivity index (χ1n) is 7.89. The summed E-state index contributed by atoms with van der Waals surface area (Å²) in [5, 5.41) is 3.06. The molecule has 0 rings (SSSR count). The van der Waals surface area contributed by atoms with Crippen LogP contribution in [0.2, 0.25) is 0 Å². The molecule has 2 unspecified atom stereocenters. The second kappa shape index (κ2) is 11.6. The van der Waals surface area contributed by atoms with Gasteiger partial charge < -0.3 is 5.32 Å². The molecule has 0 fully saturated rings. The first kappa shape index (κ1) is 17.5. The van der Waals surface area contributed by atoms with Gasteiger partial charge >= 0.3 is 0 Å². The van der Waals surface area contributed by atoms with Crippen LogP contribution in [-0.4, -0.2) is 12.5 Å². The molecule has 2 atom stereocenters. The van der Waals surface area contributed by atoms with Crippen molar-refractivity contribution in [2.75, 3.05) is 6.54 Å². The minimum Gasteiger partial charge on any atom is -0.356 e. The topological polar surface area (TPSA) is 29.1 Å². The van der Waals surface area contributed by atoms with Crippen molar-refractivity contribution in [1.82, 2.24) is 5.32 Å². The molecule has 2 nitrogen and oxygen atoms in total. The number of hydrogen-bond acceptors (Lipinski definition) is 1. The van der Waals surface area contributed by atoms with Crippen molar-refractivity contribution < 1.29 is 6.22 Å². The number of amides is 1. The molecule has 0 aliphatic rings. The molecule has 0 aromatic rings. The Morgan fingerprint density at radius 3 is 2.33 bits per heavy atom. The van der Waals surface area contributed by atoms with Crippen LogP contribution in [0.5, 0.6) is 0 Å². The predicted molar refractivity (Wildman–Crippen MR) is 81.7 cm³/mol. The van der Waals surface area contributed by atoms with E-state index in [1.807, 2.05) is 6.92 Å². The summed E-state index contributed by atoms with van der Waals surface area (Å²) in [6.07, 6.45) is 9.60. The molecule has 1 amide bonds. The Morgan fingerprint density at radius 1 is 1.06 bits per heavy atom. The molecule has 0 aromatic carbocycles. The second-order valence-corrected chi connectivity index (χ2v) is 5.70. The quantitative estimate of drug-likeness (QED) is 0.530. The van der Waals surface area contributed by atoms with Gasteiger partial charge in [-0.25, -0.2) is 0 Å². The smallest absolute Gasteiger partial charge is 0.222 e. The summed E-state index contributed by atoms with van der Waals surface area (Å²) in [7, 11) is 0. The van der Waals surface area contributed by atoms with E-state index in [0.717, 1.165) is 25.3 Å². The van der Waals surface area contributed by atoms with E-state index in [1.165, 1.54) is 38.5 Å². The zero-order valence-electron chi connectivity index (χ0n) is 12.9. The molecule has 1 N–H and O–H groups in total. The Labute approximate surface area is 115 Å². The van der Waals surface area contributed by atoms with Gasteiger partial charge in [-0.05, 0) is 18.8 Å². The van der Waals surface area contributed by atoms with Crippen LogP contribution in [0.15, 0.2) is 0 Å². The third kappa shape index (κ3) is 9.49. The van der Waals surface area contributed by atoms with Gasteiger partial charge in [0.25, 0.3) is 0 Å². The van der Waals surface area contributed by atoms with Crippen LogP contribution in [-0.2, 0) is 4.79 Å². The van der Waals surface area contributed by atoms with E-state index in [1.54, 1.807) is 0 Å². The van der Waals surface area contributed by atoms with Crippen LogP contribution >= 0.6 is 0 Å². The molecule has 2 heteroatoms. The van der Waals surface area contributed by atoms with Crippen molar-refractivity contribution in [3.8, 4) is 0 Å². The lowest BCUT2D eigenvalue weighted by Gasteiger charge is -2.12. The van der Waals surface area contributed by atoms with E-state index in [9.17, 15) is 4.79 Å². The van der Waals surface area contributed by atoms with Crippen molar-refractivity contribution in [3.63, 3.8) is 0 Å². The third-order valence-electron chi connectivity index (χ3n) is 3.81. The van der Waals surface area contributed by atoms with Crippen LogP contribution < -0.4 is 5.32 Å². The normalized spacial score (nSPS) is 14.2. The molecule has 0 aliphatic carbocycles. The van der Waals surface area contributed by atoms with Crippen LogP contribution in [0.4, 0.5) is 0 Å². The maximum Gasteiger partial charge on any atom is 0.222 e. The first-order chi connectivity index (χ1) is 8.61. The number of nitrogens with one attached hydrogen (secondary N) is 1. The Bertz CT molecular complexity index is 209. The van der Waals surface area contributed by atoms with Gasteiger partial charge in [-0.15, -0.1) is 0 Å². The average Bonchev–Trinajstić information content (AvgIpc) is 2.37. The highest BCUT2D eigenvalue weighted by atomic mass is 16.1. The Morgan fingerprint density at radius 2 is 1.72 bits per heavy atom. The summed E-state index contributed by atoms with van der Waals surface area (Å²) in [5.74, 6) is 1.26. The van der Waals surface area contributed by atoms with Gasteiger partial charge in [0.05, 0.1) is 0 Å². The molecule has 0 radical (unpaired) electrons. The maximum atomic E-state index is 11.8. The summed E-state index contributed by atoms with van der Waals surface area (Å²) in [6, 6.07) is 0. The van der Waals surface area contributed by atoms with E-state index < -0.39 is 0 Å². The number of unbranched alkanes of at least 4 members (excludes halogenated alkanes) is 3. The lowest BCUT2D eigenvalue weighted by molar-refractivity contribution is -0.124. The minimum absolute atomic E-state index is 0. The van der Waals surface area contributed by atoms with Gasteiger partial charge in [0.1, 0.15) is 0 Å². The summed E-state index contributed by atoms with van der Waals surface area (Å²) < 4.78 is 0. The summed E-state index contributed by atoms with van der Waals surface area (Å²) >= 11 is 0. The largest absolute Gasteiger partial charge is 0.356 e. The number of hydrogen-bond donors (Lipinski definition) is 1. The molecular formula is C16H35NO. The number of carbonyl (C=O) groups excluding carboxylic acids is 1. The van der Waals surface area contributed by atoms with Crippen molar-refractivity contribution in [2.24, 2.45) is 11.8 Å². The van der Waals surface area contributed by atoms with Gasteiger partial charge in [0, 0.05) is 13.9 Å². The van der Waals surface area contributed by atoms with Crippen LogP contribution in [0.1, 0.15) is 80.5 Å². The summed E-state index contributed by atoms with van der Waals surface area (Å²) in [5.41, 5.74) is 0. The highest BCUT2D eigenvalue weighted by Crippen LogP contribution is 2.11. The van der Waals surface area contributed by atoms with Crippen LogP contribution in [0.25, 0.3) is 0 Å². The van der Waals surface area contributed by atoms with Crippen molar-refractivity contribution in [1.29, 1.82) is 0 Å². The molecule has 0 saturated heterocycles. The van der Waals surface area contributed by atoms with Gasteiger partial charge in [-0.1, -0.05) is 66.2 Å². The Hall–Kier alpha value is -0.530. The van der Waals surface area contributed by atoms with Gasteiger partial charge in [-0.3, -0.25) is 4.79 Å². The molecule has 110 valence electrons. The minimum atomic E-state index is 0. The maximum absolute atomic E-state index is 11.8. The van der Waals surface area contributed by atoms with Crippen molar-refractivity contribution in [3.05, 3.63) is 0 Å². The van der Waals surface area contributed by atoms with Crippen molar-refractivity contribution >= 4 is 5.91 Å². The van der Waals surface area contributed by atoms with E-state index >= 15 is 0 Å². The standard InChI is InChI=1S/C16H33NO.H2/c1-5-7-8-12-15(4)16(18)17-13-10-9-11-14(3)6-2;/h14-15H,5-13H2,1-4H3,(H,17,18);1H. The number of carbonyl (C=O) groups is 1. The van der Waals surface area contributed by atoms with Gasteiger partial charge in [0.15, 0.2) is 0 Å². The molecule has 0 saturated carbocycles. The van der Waals surface area contributed by atoms with E-state index in [-0.39, 0.29) is 13.3 Å². The summed E-state index contributed by atoms with van der Waals surface area (Å²) in [6.45, 7) is 9.64. The molecule has 0 heterocycles. The molecular weight excluding hydrogens is 222 g/mol. The first-order valence-corrected chi connectivity index (χ1v) is 7.89. The Balaban J connectivity index is 0. The third-order valence-corrected chi connectivity index (χ3v) is 3.81. The van der Waals surface area contributed by atoms with Crippen LogP contribution in [0, 0.1) is 11.8 Å². The van der Waals surface area contributed by atoms with Crippen LogP contribution in [0.3, 0.4) is 0 Å². The summed E-state index contributed by atoms with van der Waals surface area (Å²) in [4.78, 5) is 11.8. The van der Waals surface area contributed by atoms with E-state index in [0.29, 0.717) is 0 Å². The highest BCUT2D eigenvalue weighted by Gasteiger charge is 2.11. The zero-order chi connectivity index (χ0) is 13.8. The lowest BCUT2D eigenvalue weighted by Crippen LogP contribution is -2.30. The SMILES string of the molecule is CCCCCC(C)C(=O)NCCCCC(C)CC.[HH]. The van der Waals surface area contributed by atoms with E-state index in [4.69, 9.17) is 0 Å². The fourth-order valence-corrected chi connectivity index (χ4v) is 2.04. The zero-order valence-corrected chi connectivity index (χ0v) is 12.9. The molecule has 18 heavy (non-hydrogen) atoms. The molecule has 0 bridgehead atoms. The highest BCUT2D eigenvalue weighted by molar-refractivity contribution is 5.78. The average molecular weight is 257 g/mol. The number of rotatable bonds is 11. The van der Waals surface area contributed by atoms with Crippen molar-refractivity contribution in [2.45, 2.75) is 79.1 Å². The van der Waals surface area contributed by atoms with E-state index in [2.05, 4.69) is 26.1 Å². The molecule has 0 spiro atoms. The lowest BCUT2D eigenvalue weighted by atomic mass is 10.0. The Kier molecular flexibility index (Phi) is 11.2. The monoisotopic (exact) mass is 257 g/mol. The predicted octanol–water partition coefficient (Wildman–Crippen LogP) is 4.78. The second-order valence-electron chi connectivity index (χ2n) is 5.70. The molecule has 0 aromatic heterocycles. The molecule has 0 aliphatic heterocycles. The fraction of sp³-hybridized carbons (Fsp3) is 0.938. The van der Waals surface area contributed by atoms with Gasteiger partial charge in [0.2, 0.25) is 5.91 Å². The fourth-order valence-electron chi connectivity index (χ4n) is 2.04. The van der Waals surface area contributed by atoms with Gasteiger partial charge in [-0.2, -0.15) is 0 Å².